The van der Waals surface area contributed by atoms with Gasteiger partial charge in [0.05, 0.1) is 5.02 Å². The van der Waals surface area contributed by atoms with Gasteiger partial charge in [-0.3, -0.25) is 9.59 Å². The largest absolute Gasteiger partial charge is 0.359 e. The number of amides is 2. The van der Waals surface area contributed by atoms with Crippen molar-refractivity contribution in [1.29, 1.82) is 0 Å². The number of anilines is 2. The fraction of sp³-hybridized carbons (Fsp3) is 0.214. The van der Waals surface area contributed by atoms with Crippen LogP contribution in [0.2, 0.25) is 5.02 Å². The molecule has 0 atom stereocenters. The third-order valence-corrected chi connectivity index (χ3v) is 3.17. The number of aryl methyl sites for hydroxylation is 2. The number of carbonyl (C=O) groups is 2. The molecule has 0 aliphatic carbocycles. The second-order valence-corrected chi connectivity index (χ2v) is 4.86. The Labute approximate surface area is 130 Å². The number of halogens is 2. The maximum absolute atomic E-state index is 13.0. The van der Waals surface area contributed by atoms with Crippen LogP contribution in [0.15, 0.2) is 22.7 Å². The second kappa shape index (κ2) is 6.57. The highest BCUT2D eigenvalue weighted by Crippen LogP contribution is 2.21. The monoisotopic (exact) mass is 325 g/mol. The van der Waals surface area contributed by atoms with Crippen LogP contribution in [0.3, 0.4) is 0 Å². The van der Waals surface area contributed by atoms with Gasteiger partial charge in [0.25, 0.3) is 0 Å². The van der Waals surface area contributed by atoms with Crippen LogP contribution in [0.25, 0.3) is 0 Å². The van der Waals surface area contributed by atoms with E-state index < -0.39 is 17.6 Å². The molecule has 0 aliphatic rings. The molecule has 0 saturated carbocycles. The number of nitrogens with one attached hydrogen (secondary N) is 2. The van der Waals surface area contributed by atoms with E-state index in [1.165, 1.54) is 12.1 Å². The van der Waals surface area contributed by atoms with Gasteiger partial charge in [0.15, 0.2) is 5.76 Å². The predicted octanol–water partition coefficient (Wildman–Crippen LogP) is 2.92. The standard InChI is InChI=1S/C14H13ClFN3O3/c1-3-11-12(7(2)19-22-11)18-14(21)13(20)17-8-4-5-10(16)9(15)6-8/h4-6H,3H2,1-2H3,(H,17,20)(H,18,21). The topological polar surface area (TPSA) is 84.2 Å². The first-order valence-corrected chi connectivity index (χ1v) is 6.82. The first-order valence-electron chi connectivity index (χ1n) is 6.45. The van der Waals surface area contributed by atoms with Crippen LogP contribution < -0.4 is 10.6 Å². The lowest BCUT2D eigenvalue weighted by Gasteiger charge is -2.07. The van der Waals surface area contributed by atoms with Crippen LogP contribution >= 0.6 is 11.6 Å². The quantitative estimate of drug-likeness (QED) is 0.850. The number of hydrogen-bond donors (Lipinski definition) is 2. The molecule has 0 fully saturated rings. The Morgan fingerprint density at radius 1 is 1.32 bits per heavy atom. The van der Waals surface area contributed by atoms with Gasteiger partial charge in [-0.05, 0) is 25.1 Å². The van der Waals surface area contributed by atoms with E-state index in [1.54, 1.807) is 6.92 Å². The molecule has 22 heavy (non-hydrogen) atoms. The minimum atomic E-state index is -0.912. The zero-order chi connectivity index (χ0) is 16.3. The highest BCUT2D eigenvalue weighted by Gasteiger charge is 2.19. The number of benzene rings is 1. The Balaban J connectivity index is 2.07. The summed E-state index contributed by atoms with van der Waals surface area (Å²) in [6.07, 6.45) is 0.519. The average Bonchev–Trinajstić information content (AvgIpc) is 2.83. The summed E-state index contributed by atoms with van der Waals surface area (Å²) in [5.74, 6) is -1.94. The van der Waals surface area contributed by atoms with Crippen LogP contribution in [-0.4, -0.2) is 17.0 Å². The van der Waals surface area contributed by atoms with Gasteiger partial charge in [0.2, 0.25) is 0 Å². The molecule has 8 heteroatoms. The SMILES string of the molecule is CCc1onc(C)c1NC(=O)C(=O)Nc1ccc(F)c(Cl)c1. The molecule has 0 unspecified atom stereocenters. The van der Waals surface area contributed by atoms with Crippen LogP contribution in [0.4, 0.5) is 15.8 Å². The van der Waals surface area contributed by atoms with Gasteiger partial charge in [-0.25, -0.2) is 4.39 Å². The van der Waals surface area contributed by atoms with Crippen molar-refractivity contribution in [3.63, 3.8) is 0 Å². The second-order valence-electron chi connectivity index (χ2n) is 4.46. The molecule has 2 aromatic rings. The van der Waals surface area contributed by atoms with E-state index in [-0.39, 0.29) is 10.7 Å². The van der Waals surface area contributed by atoms with Crippen molar-refractivity contribution in [3.8, 4) is 0 Å². The van der Waals surface area contributed by atoms with E-state index in [0.29, 0.717) is 23.6 Å². The fourth-order valence-corrected chi connectivity index (χ4v) is 1.93. The molecule has 1 aromatic carbocycles. The molecule has 6 nitrogen and oxygen atoms in total. The number of nitrogens with zero attached hydrogens (tertiary/aromatic N) is 1. The molecule has 0 radical (unpaired) electrons. The Morgan fingerprint density at radius 2 is 2.00 bits per heavy atom. The number of aromatic nitrogens is 1. The van der Waals surface area contributed by atoms with E-state index in [0.717, 1.165) is 6.07 Å². The molecule has 0 saturated heterocycles. The summed E-state index contributed by atoms with van der Waals surface area (Å²) in [5.41, 5.74) is 1.06. The minimum absolute atomic E-state index is 0.152. The zero-order valence-electron chi connectivity index (χ0n) is 11.9. The molecular formula is C14H13ClFN3O3. The van der Waals surface area contributed by atoms with E-state index >= 15 is 0 Å². The van der Waals surface area contributed by atoms with E-state index in [1.807, 2.05) is 6.92 Å². The Kier molecular flexibility index (Phi) is 4.77. The normalized spacial score (nSPS) is 10.4. The molecular weight excluding hydrogens is 313 g/mol. The maximum atomic E-state index is 13.0. The molecule has 116 valence electrons. The predicted molar refractivity (Wildman–Crippen MR) is 79.3 cm³/mol. The van der Waals surface area contributed by atoms with E-state index in [9.17, 15) is 14.0 Å². The van der Waals surface area contributed by atoms with E-state index in [4.69, 9.17) is 16.1 Å². The molecule has 2 N–H and O–H groups in total. The lowest BCUT2D eigenvalue weighted by atomic mass is 10.2. The molecule has 2 amide bonds. The smallest absolute Gasteiger partial charge is 0.314 e. The van der Waals surface area contributed by atoms with Gasteiger partial charge in [0.1, 0.15) is 17.2 Å². The van der Waals surface area contributed by atoms with E-state index in [2.05, 4.69) is 15.8 Å². The Morgan fingerprint density at radius 3 is 2.64 bits per heavy atom. The van der Waals surface area contributed by atoms with Crippen LogP contribution in [-0.2, 0) is 16.0 Å². The number of carbonyl (C=O) groups excluding carboxylic acids is 2. The molecule has 1 aromatic heterocycles. The third-order valence-electron chi connectivity index (χ3n) is 2.88. The summed E-state index contributed by atoms with van der Waals surface area (Å²) < 4.78 is 18.1. The maximum Gasteiger partial charge on any atom is 0.314 e. The highest BCUT2D eigenvalue weighted by molar-refractivity contribution is 6.43. The van der Waals surface area contributed by atoms with Gasteiger partial charge in [-0.2, -0.15) is 0 Å². The van der Waals surface area contributed by atoms with Crippen molar-refractivity contribution < 1.29 is 18.5 Å². The van der Waals surface area contributed by atoms with Crippen molar-refractivity contribution in [1.82, 2.24) is 5.16 Å². The molecule has 0 spiro atoms. The lowest BCUT2D eigenvalue weighted by Crippen LogP contribution is -2.29. The Bertz CT molecular complexity index is 730. The van der Waals surface area contributed by atoms with Gasteiger partial charge < -0.3 is 15.2 Å². The lowest BCUT2D eigenvalue weighted by molar-refractivity contribution is -0.133. The third kappa shape index (κ3) is 3.43. The first-order chi connectivity index (χ1) is 10.4. The average molecular weight is 326 g/mol. The van der Waals surface area contributed by atoms with Crippen LogP contribution in [0, 0.1) is 12.7 Å². The van der Waals surface area contributed by atoms with Crippen molar-refractivity contribution in [2.24, 2.45) is 0 Å². The number of rotatable bonds is 3. The summed E-state index contributed by atoms with van der Waals surface area (Å²) in [5, 5.41) is 8.34. The van der Waals surface area contributed by atoms with Crippen molar-refractivity contribution in [3.05, 3.63) is 40.5 Å². The van der Waals surface area contributed by atoms with Crippen LogP contribution in [0.5, 0.6) is 0 Å². The summed E-state index contributed by atoms with van der Waals surface area (Å²) >= 11 is 5.60. The van der Waals surface area contributed by atoms with Crippen molar-refractivity contribution in [2.45, 2.75) is 20.3 Å². The molecule has 1 heterocycles. The highest BCUT2D eigenvalue weighted by atomic mass is 35.5. The first kappa shape index (κ1) is 16.0. The van der Waals surface area contributed by atoms with Crippen molar-refractivity contribution in [2.75, 3.05) is 10.6 Å². The van der Waals surface area contributed by atoms with Gasteiger partial charge >= 0.3 is 11.8 Å². The Hall–Kier alpha value is -2.41. The van der Waals surface area contributed by atoms with Gasteiger partial charge in [-0.15, -0.1) is 0 Å². The summed E-state index contributed by atoms with van der Waals surface area (Å²) in [6, 6.07) is 3.61. The molecule has 0 bridgehead atoms. The summed E-state index contributed by atoms with van der Waals surface area (Å²) in [7, 11) is 0. The summed E-state index contributed by atoms with van der Waals surface area (Å²) in [6.45, 7) is 3.48. The van der Waals surface area contributed by atoms with Crippen LogP contribution in [0.1, 0.15) is 18.4 Å². The van der Waals surface area contributed by atoms with Crippen molar-refractivity contribution >= 4 is 34.8 Å². The van der Waals surface area contributed by atoms with Gasteiger partial charge in [-0.1, -0.05) is 23.7 Å². The minimum Gasteiger partial charge on any atom is -0.359 e. The zero-order valence-corrected chi connectivity index (χ0v) is 12.6. The summed E-state index contributed by atoms with van der Waals surface area (Å²) in [4.78, 5) is 23.7. The fourth-order valence-electron chi connectivity index (χ4n) is 1.75. The molecule has 0 aliphatic heterocycles. The number of hydrogen-bond acceptors (Lipinski definition) is 4. The van der Waals surface area contributed by atoms with Gasteiger partial charge in [0, 0.05) is 12.1 Å². The molecule has 2 rings (SSSR count).